The summed E-state index contributed by atoms with van der Waals surface area (Å²) >= 11 is 1.69. The van der Waals surface area contributed by atoms with Crippen molar-refractivity contribution in [3.05, 3.63) is 24.0 Å². The highest BCUT2D eigenvalue weighted by molar-refractivity contribution is 7.17. The Labute approximate surface area is 165 Å². The van der Waals surface area contributed by atoms with E-state index in [4.69, 9.17) is 4.74 Å². The van der Waals surface area contributed by atoms with Crippen LogP contribution in [0.5, 0.6) is 0 Å². The zero-order valence-electron chi connectivity index (χ0n) is 16.1. The molecule has 2 aromatic rings. The first-order valence-electron chi connectivity index (χ1n) is 10.1. The van der Waals surface area contributed by atoms with Crippen molar-refractivity contribution >= 4 is 16.5 Å². The van der Waals surface area contributed by atoms with Crippen LogP contribution < -0.4 is 10.2 Å². The Morgan fingerprint density at radius 2 is 1.93 bits per heavy atom. The molecular formula is C19H30N6OS. The van der Waals surface area contributed by atoms with Gasteiger partial charge in [-0.15, -0.1) is 10.2 Å². The second-order valence-corrected chi connectivity index (χ2v) is 8.47. The van der Waals surface area contributed by atoms with E-state index in [0.29, 0.717) is 0 Å². The fraction of sp³-hybridized carbons (Fsp3) is 0.684. The van der Waals surface area contributed by atoms with E-state index in [9.17, 15) is 0 Å². The molecule has 27 heavy (non-hydrogen) atoms. The molecule has 0 saturated carbocycles. The molecule has 2 fully saturated rings. The fourth-order valence-electron chi connectivity index (χ4n) is 3.66. The van der Waals surface area contributed by atoms with Crippen LogP contribution in [0.25, 0.3) is 5.13 Å². The van der Waals surface area contributed by atoms with Crippen LogP contribution in [0.3, 0.4) is 0 Å². The number of ether oxygens (including phenoxy) is 1. The predicted octanol–water partition coefficient (Wildman–Crippen LogP) is 1.99. The van der Waals surface area contributed by atoms with E-state index < -0.39 is 0 Å². The molecule has 2 aromatic heterocycles. The van der Waals surface area contributed by atoms with Crippen molar-refractivity contribution in [1.82, 2.24) is 25.0 Å². The highest BCUT2D eigenvalue weighted by atomic mass is 32.1. The third kappa shape index (κ3) is 4.87. The molecule has 0 radical (unpaired) electrons. The monoisotopic (exact) mass is 390 g/mol. The van der Waals surface area contributed by atoms with Gasteiger partial charge in [-0.1, -0.05) is 18.3 Å². The molecule has 7 nitrogen and oxygen atoms in total. The molecule has 0 bridgehead atoms. The van der Waals surface area contributed by atoms with E-state index in [2.05, 4.69) is 55.1 Å². The summed E-state index contributed by atoms with van der Waals surface area (Å²) in [5.74, 6) is 0.827. The van der Waals surface area contributed by atoms with Gasteiger partial charge in [0.15, 0.2) is 0 Å². The molecule has 4 heterocycles. The third-order valence-corrected chi connectivity index (χ3v) is 6.50. The highest BCUT2D eigenvalue weighted by Crippen LogP contribution is 2.28. The Bertz CT molecular complexity index is 703. The molecule has 2 aliphatic rings. The number of hydrogen-bond donors (Lipinski definition) is 1. The lowest BCUT2D eigenvalue weighted by Crippen LogP contribution is -2.40. The minimum atomic E-state index is 0.827. The molecule has 0 unspecified atom stereocenters. The highest BCUT2D eigenvalue weighted by Gasteiger charge is 2.20. The van der Waals surface area contributed by atoms with Crippen LogP contribution in [0.4, 0.5) is 5.13 Å². The van der Waals surface area contributed by atoms with E-state index in [0.717, 1.165) is 75.2 Å². The molecular weight excluding hydrogens is 360 g/mol. The average molecular weight is 391 g/mol. The lowest BCUT2D eigenvalue weighted by atomic mass is 10.00. The summed E-state index contributed by atoms with van der Waals surface area (Å²) in [7, 11) is 0. The number of nitrogens with zero attached hydrogens (tertiary/aromatic N) is 5. The van der Waals surface area contributed by atoms with Crippen LogP contribution in [-0.4, -0.2) is 72.1 Å². The first-order chi connectivity index (χ1) is 13.3. The molecule has 2 saturated heterocycles. The number of rotatable bonds is 7. The van der Waals surface area contributed by atoms with Crippen LogP contribution >= 0.6 is 11.3 Å². The van der Waals surface area contributed by atoms with E-state index in [1.165, 1.54) is 18.5 Å². The van der Waals surface area contributed by atoms with Gasteiger partial charge in [0.2, 0.25) is 10.3 Å². The second kappa shape index (κ2) is 9.14. The summed E-state index contributed by atoms with van der Waals surface area (Å²) in [6.07, 6.45) is 4.58. The Kier molecular flexibility index (Phi) is 6.39. The lowest BCUT2D eigenvalue weighted by Gasteiger charge is -2.29. The van der Waals surface area contributed by atoms with Gasteiger partial charge in [0.1, 0.15) is 0 Å². The van der Waals surface area contributed by atoms with Gasteiger partial charge in [-0.05, 0) is 30.9 Å². The summed E-state index contributed by atoms with van der Waals surface area (Å²) in [6.45, 7) is 11.2. The smallest absolute Gasteiger partial charge is 0.218 e. The Morgan fingerprint density at radius 3 is 2.74 bits per heavy atom. The molecule has 0 spiro atoms. The largest absolute Gasteiger partial charge is 0.379 e. The standard InChI is InChI=1S/C19H30N6OS/c1-16-4-8-24(9-5-16)18-21-22-19(27-18)25-7-2-3-17(25)15-20-6-10-23-11-13-26-14-12-23/h2-3,7,16,20H,4-6,8-15H2,1H3. The molecule has 2 aliphatic heterocycles. The van der Waals surface area contributed by atoms with Crippen LogP contribution in [0, 0.1) is 5.92 Å². The summed E-state index contributed by atoms with van der Waals surface area (Å²) in [6, 6.07) is 4.24. The molecule has 1 N–H and O–H groups in total. The molecule has 148 valence electrons. The van der Waals surface area contributed by atoms with Gasteiger partial charge >= 0.3 is 0 Å². The second-order valence-electron chi connectivity index (χ2n) is 7.54. The van der Waals surface area contributed by atoms with Crippen molar-refractivity contribution in [2.24, 2.45) is 5.92 Å². The van der Waals surface area contributed by atoms with E-state index in [1.807, 2.05) is 0 Å². The van der Waals surface area contributed by atoms with Crippen molar-refractivity contribution in [1.29, 1.82) is 0 Å². The Balaban J connectivity index is 1.30. The quantitative estimate of drug-likeness (QED) is 0.730. The first-order valence-corrected chi connectivity index (χ1v) is 10.9. The zero-order valence-corrected chi connectivity index (χ0v) is 17.0. The minimum absolute atomic E-state index is 0.827. The topological polar surface area (TPSA) is 58.5 Å². The molecule has 4 rings (SSSR count). The predicted molar refractivity (Wildman–Crippen MR) is 109 cm³/mol. The van der Waals surface area contributed by atoms with Crippen LogP contribution in [-0.2, 0) is 11.3 Å². The minimum Gasteiger partial charge on any atom is -0.379 e. The number of aromatic nitrogens is 3. The molecule has 0 amide bonds. The first kappa shape index (κ1) is 18.9. The van der Waals surface area contributed by atoms with E-state index in [-0.39, 0.29) is 0 Å². The number of hydrogen-bond acceptors (Lipinski definition) is 7. The fourth-order valence-corrected chi connectivity index (χ4v) is 4.57. The van der Waals surface area contributed by atoms with Gasteiger partial charge in [-0.3, -0.25) is 9.47 Å². The van der Waals surface area contributed by atoms with Crippen LogP contribution in [0.1, 0.15) is 25.5 Å². The summed E-state index contributed by atoms with van der Waals surface area (Å²) in [4.78, 5) is 4.83. The maximum Gasteiger partial charge on any atom is 0.218 e. The van der Waals surface area contributed by atoms with Crippen molar-refractivity contribution in [3.8, 4) is 5.13 Å². The van der Waals surface area contributed by atoms with Crippen molar-refractivity contribution in [2.45, 2.75) is 26.3 Å². The van der Waals surface area contributed by atoms with Gasteiger partial charge in [-0.2, -0.15) is 0 Å². The number of morpholine rings is 1. The van der Waals surface area contributed by atoms with Crippen LogP contribution in [0.2, 0.25) is 0 Å². The van der Waals surface area contributed by atoms with Crippen molar-refractivity contribution in [2.75, 3.05) is 57.4 Å². The van der Waals surface area contributed by atoms with Crippen molar-refractivity contribution in [3.63, 3.8) is 0 Å². The summed E-state index contributed by atoms with van der Waals surface area (Å²) in [5, 5.41) is 14.5. The third-order valence-electron chi connectivity index (χ3n) is 5.51. The van der Waals surface area contributed by atoms with Gasteiger partial charge in [0, 0.05) is 57.7 Å². The van der Waals surface area contributed by atoms with E-state index in [1.54, 1.807) is 11.3 Å². The normalized spacial score (nSPS) is 19.7. The zero-order chi connectivity index (χ0) is 18.5. The SMILES string of the molecule is CC1CCN(c2nnc(-n3cccc3CNCCN3CCOCC3)s2)CC1. The van der Waals surface area contributed by atoms with Gasteiger partial charge in [0.25, 0.3) is 0 Å². The Hall–Kier alpha value is -1.48. The maximum atomic E-state index is 5.40. The molecule has 0 aromatic carbocycles. The molecule has 8 heteroatoms. The number of anilines is 1. The van der Waals surface area contributed by atoms with E-state index >= 15 is 0 Å². The average Bonchev–Trinajstić information content (AvgIpc) is 3.36. The summed E-state index contributed by atoms with van der Waals surface area (Å²) < 4.78 is 7.56. The van der Waals surface area contributed by atoms with Crippen molar-refractivity contribution < 1.29 is 4.74 Å². The summed E-state index contributed by atoms with van der Waals surface area (Å²) in [5.41, 5.74) is 1.23. The lowest BCUT2D eigenvalue weighted by molar-refractivity contribution is 0.0384. The number of piperidine rings is 1. The van der Waals surface area contributed by atoms with Crippen LogP contribution in [0.15, 0.2) is 18.3 Å². The van der Waals surface area contributed by atoms with Gasteiger partial charge in [0.05, 0.1) is 13.2 Å². The number of nitrogens with one attached hydrogen (secondary N) is 1. The maximum absolute atomic E-state index is 5.40. The molecule has 0 aliphatic carbocycles. The van der Waals surface area contributed by atoms with Gasteiger partial charge in [-0.25, -0.2) is 0 Å². The molecule has 0 atom stereocenters. The Morgan fingerprint density at radius 1 is 1.15 bits per heavy atom. The van der Waals surface area contributed by atoms with Gasteiger partial charge < -0.3 is 15.0 Å².